The van der Waals surface area contributed by atoms with Crippen LogP contribution in [0.3, 0.4) is 0 Å². The lowest BCUT2D eigenvalue weighted by Gasteiger charge is -2.44. The van der Waals surface area contributed by atoms with E-state index in [0.717, 1.165) is 29.1 Å². The van der Waals surface area contributed by atoms with Crippen LogP contribution >= 0.6 is 11.6 Å². The average molecular weight is 549 g/mol. The van der Waals surface area contributed by atoms with Crippen molar-refractivity contribution in [2.45, 2.75) is 78.8 Å². The lowest BCUT2D eigenvalue weighted by atomic mass is 10.0. The van der Waals surface area contributed by atoms with Gasteiger partial charge in [0.1, 0.15) is 5.82 Å². The smallest absolute Gasteiger partial charge is 0.349 e. The Morgan fingerprint density at radius 1 is 1.21 bits per heavy atom. The Kier molecular flexibility index (Phi) is 6.82. The van der Waals surface area contributed by atoms with Crippen LogP contribution in [-0.2, 0) is 4.79 Å². The van der Waals surface area contributed by atoms with Crippen molar-refractivity contribution in [2.75, 3.05) is 18.0 Å². The number of fused-ring (bicyclic) bond motifs is 1. The highest BCUT2D eigenvalue weighted by atomic mass is 35.5. The Hall–Kier alpha value is -3.26. The highest BCUT2D eigenvalue weighted by Gasteiger charge is 2.48. The monoisotopic (exact) mass is 548 g/mol. The second kappa shape index (κ2) is 9.73. The van der Waals surface area contributed by atoms with Crippen LogP contribution in [0.1, 0.15) is 76.8 Å². The molecule has 0 N–H and O–H groups in total. The van der Waals surface area contributed by atoms with E-state index in [0.29, 0.717) is 35.0 Å². The molecule has 0 aromatic carbocycles. The molecular weight excluding hydrogens is 512 g/mol. The predicted molar refractivity (Wildman–Crippen MR) is 156 cm³/mol. The molecule has 3 aromatic rings. The van der Waals surface area contributed by atoms with Gasteiger partial charge in [-0.25, -0.2) is 14.3 Å². The maximum Gasteiger partial charge on any atom is 0.355 e. The molecule has 0 spiro atoms. The Labute approximate surface area is 234 Å². The van der Waals surface area contributed by atoms with Gasteiger partial charge in [0.25, 0.3) is 0 Å². The fourth-order valence-corrected chi connectivity index (χ4v) is 6.13. The van der Waals surface area contributed by atoms with Crippen molar-refractivity contribution in [3.05, 3.63) is 63.4 Å². The maximum atomic E-state index is 14.0. The average Bonchev–Trinajstić information content (AvgIpc) is 3.51. The summed E-state index contributed by atoms with van der Waals surface area (Å²) in [6.07, 6.45) is 4.12. The fourth-order valence-electron chi connectivity index (χ4n) is 5.85. The van der Waals surface area contributed by atoms with Gasteiger partial charge < -0.3 is 9.80 Å². The second-order valence-corrected chi connectivity index (χ2v) is 12.5. The molecule has 9 heteroatoms. The van der Waals surface area contributed by atoms with Crippen LogP contribution in [0, 0.1) is 12.3 Å². The van der Waals surface area contributed by atoms with Gasteiger partial charge in [-0.05, 0) is 62.3 Å². The van der Waals surface area contributed by atoms with Gasteiger partial charge in [0.05, 0.1) is 27.5 Å². The molecule has 2 aliphatic rings. The van der Waals surface area contributed by atoms with Crippen LogP contribution in [0.5, 0.6) is 0 Å². The summed E-state index contributed by atoms with van der Waals surface area (Å²) in [6, 6.07) is 3.66. The number of carbonyl (C=O) groups excluding carboxylic acids is 1. The molecule has 1 aliphatic carbocycles. The summed E-state index contributed by atoms with van der Waals surface area (Å²) in [5.41, 5.74) is 3.52. The molecule has 1 saturated carbocycles. The van der Waals surface area contributed by atoms with Gasteiger partial charge in [0.15, 0.2) is 5.65 Å². The van der Waals surface area contributed by atoms with Crippen LogP contribution in [0.25, 0.3) is 16.7 Å². The standard InChI is InChI=1S/C30H37ClN6O2/c1-9-23(38)35-14-19(6)36(15-18(35)5)27-20-12-22(31)25(21-13-30(21,7)8)33-28(20)37(29(39)34-27)26-17(4)10-11-32-24(26)16(2)3/h9-12,16,18-19,21H,1,13-15H2,2-8H3/t18-,19+,21?/m1/s1. The number of anilines is 1. The zero-order valence-electron chi connectivity index (χ0n) is 23.8. The van der Waals surface area contributed by atoms with E-state index in [-0.39, 0.29) is 35.2 Å². The number of aryl methyl sites for hydroxylation is 1. The van der Waals surface area contributed by atoms with E-state index < -0.39 is 5.69 Å². The molecule has 3 atom stereocenters. The Morgan fingerprint density at radius 3 is 2.51 bits per heavy atom. The number of pyridine rings is 2. The highest BCUT2D eigenvalue weighted by molar-refractivity contribution is 6.32. The number of piperazine rings is 1. The van der Waals surface area contributed by atoms with Gasteiger partial charge in [0.2, 0.25) is 5.91 Å². The SMILES string of the molecule is C=CC(=O)N1C[C@H](C)N(c2nc(=O)n(-c3c(C)ccnc3C(C)C)c3nc(C4CC4(C)C)c(Cl)cc23)C[C@H]1C. The highest BCUT2D eigenvalue weighted by Crippen LogP contribution is 2.59. The van der Waals surface area contributed by atoms with Crippen LogP contribution in [0.15, 0.2) is 35.8 Å². The van der Waals surface area contributed by atoms with Crippen LogP contribution in [0.2, 0.25) is 5.02 Å². The minimum Gasteiger partial charge on any atom is -0.349 e. The Bertz CT molecular complexity index is 1540. The third-order valence-corrected chi connectivity index (χ3v) is 8.62. The molecule has 4 heterocycles. The van der Waals surface area contributed by atoms with E-state index in [1.54, 1.807) is 10.8 Å². The molecule has 5 rings (SSSR count). The number of aromatic nitrogens is 4. The summed E-state index contributed by atoms with van der Waals surface area (Å²) in [6.45, 7) is 19.2. The minimum absolute atomic E-state index is 0.0804. The zero-order chi connectivity index (χ0) is 28.4. The molecular formula is C30H37ClN6O2. The Morgan fingerprint density at radius 2 is 1.90 bits per heavy atom. The number of rotatable bonds is 5. The molecule has 0 radical (unpaired) electrons. The summed E-state index contributed by atoms with van der Waals surface area (Å²) in [5, 5.41) is 1.29. The molecule has 0 bridgehead atoms. The maximum absolute atomic E-state index is 14.0. The topological polar surface area (TPSA) is 84.2 Å². The van der Waals surface area contributed by atoms with E-state index in [4.69, 9.17) is 16.6 Å². The van der Waals surface area contributed by atoms with E-state index in [2.05, 4.69) is 49.1 Å². The summed E-state index contributed by atoms with van der Waals surface area (Å²) in [7, 11) is 0. The van der Waals surface area contributed by atoms with Gasteiger partial charge in [-0.15, -0.1) is 0 Å². The first-order valence-electron chi connectivity index (χ1n) is 13.6. The first-order chi connectivity index (χ1) is 18.4. The van der Waals surface area contributed by atoms with Crippen molar-refractivity contribution >= 4 is 34.4 Å². The molecule has 1 saturated heterocycles. The van der Waals surface area contributed by atoms with Gasteiger partial charge >= 0.3 is 5.69 Å². The molecule has 1 unspecified atom stereocenters. The van der Waals surface area contributed by atoms with E-state index in [1.807, 2.05) is 37.8 Å². The normalized spacial score (nSPS) is 22.4. The molecule has 8 nitrogen and oxygen atoms in total. The first-order valence-corrected chi connectivity index (χ1v) is 14.0. The van der Waals surface area contributed by atoms with Crippen molar-refractivity contribution in [1.82, 2.24) is 24.4 Å². The summed E-state index contributed by atoms with van der Waals surface area (Å²) < 4.78 is 1.62. The van der Waals surface area contributed by atoms with E-state index in [9.17, 15) is 9.59 Å². The minimum atomic E-state index is -0.407. The lowest BCUT2D eigenvalue weighted by molar-refractivity contribution is -0.128. The number of carbonyl (C=O) groups is 1. The number of amides is 1. The van der Waals surface area contributed by atoms with Crippen molar-refractivity contribution in [3.8, 4) is 5.69 Å². The van der Waals surface area contributed by atoms with Crippen molar-refractivity contribution < 1.29 is 4.79 Å². The Balaban J connectivity index is 1.77. The van der Waals surface area contributed by atoms with Crippen molar-refractivity contribution in [3.63, 3.8) is 0 Å². The number of hydrogen-bond acceptors (Lipinski definition) is 6. The number of hydrogen-bond donors (Lipinski definition) is 0. The molecule has 39 heavy (non-hydrogen) atoms. The van der Waals surface area contributed by atoms with Crippen LogP contribution < -0.4 is 10.6 Å². The number of halogens is 1. The summed E-state index contributed by atoms with van der Waals surface area (Å²) in [4.78, 5) is 44.8. The summed E-state index contributed by atoms with van der Waals surface area (Å²) >= 11 is 6.90. The van der Waals surface area contributed by atoms with E-state index >= 15 is 0 Å². The largest absolute Gasteiger partial charge is 0.355 e. The summed E-state index contributed by atoms with van der Waals surface area (Å²) in [5.74, 6) is 0.755. The molecule has 1 aliphatic heterocycles. The lowest BCUT2D eigenvalue weighted by Crippen LogP contribution is -2.58. The van der Waals surface area contributed by atoms with Crippen molar-refractivity contribution in [1.29, 1.82) is 0 Å². The van der Waals surface area contributed by atoms with Gasteiger partial charge in [-0.3, -0.25) is 9.78 Å². The predicted octanol–water partition coefficient (Wildman–Crippen LogP) is 5.39. The van der Waals surface area contributed by atoms with Gasteiger partial charge in [0, 0.05) is 37.3 Å². The molecule has 3 aromatic heterocycles. The fraction of sp³-hybridized carbons (Fsp3) is 0.500. The van der Waals surface area contributed by atoms with Crippen LogP contribution in [0.4, 0.5) is 5.82 Å². The van der Waals surface area contributed by atoms with Gasteiger partial charge in [-0.1, -0.05) is 45.9 Å². The third kappa shape index (κ3) is 4.62. The zero-order valence-corrected chi connectivity index (χ0v) is 24.6. The van der Waals surface area contributed by atoms with Crippen molar-refractivity contribution in [2.24, 2.45) is 5.41 Å². The quantitative estimate of drug-likeness (QED) is 0.398. The number of nitrogens with zero attached hydrogens (tertiary/aromatic N) is 6. The van der Waals surface area contributed by atoms with Gasteiger partial charge in [-0.2, -0.15) is 4.98 Å². The van der Waals surface area contributed by atoms with Crippen LogP contribution in [-0.4, -0.2) is 55.5 Å². The molecule has 206 valence electrons. The molecule has 1 amide bonds. The first kappa shape index (κ1) is 27.3. The second-order valence-electron chi connectivity index (χ2n) is 12.1. The third-order valence-electron chi connectivity index (χ3n) is 8.31. The molecule has 2 fully saturated rings. The van der Waals surface area contributed by atoms with E-state index in [1.165, 1.54) is 6.08 Å².